The molecule has 2 atom stereocenters. The van der Waals surface area contributed by atoms with Crippen LogP contribution in [-0.2, 0) is 16.6 Å². The van der Waals surface area contributed by atoms with E-state index in [2.05, 4.69) is 6.92 Å². The number of aryl methyl sites for hydroxylation is 2. The van der Waals surface area contributed by atoms with Crippen LogP contribution in [0.5, 0.6) is 0 Å². The molecule has 1 aliphatic rings. The van der Waals surface area contributed by atoms with Crippen LogP contribution in [0.4, 0.5) is 0 Å². The molecular formula is C15H24N2O2S. The van der Waals surface area contributed by atoms with E-state index in [9.17, 15) is 8.42 Å². The van der Waals surface area contributed by atoms with Crippen molar-refractivity contribution in [3.05, 3.63) is 28.8 Å². The lowest BCUT2D eigenvalue weighted by Gasteiger charge is -2.23. The number of rotatable bonds is 3. The summed E-state index contributed by atoms with van der Waals surface area (Å²) in [5.41, 5.74) is 8.45. The lowest BCUT2D eigenvalue weighted by atomic mass is 10.1. The Balaban J connectivity index is 2.49. The Bertz CT molecular complexity index is 611. The normalized spacial score (nSPS) is 24.2. The summed E-state index contributed by atoms with van der Waals surface area (Å²) in [6, 6.07) is 3.73. The summed E-state index contributed by atoms with van der Waals surface area (Å²) < 4.78 is 27.4. The van der Waals surface area contributed by atoms with Crippen molar-refractivity contribution in [2.24, 2.45) is 11.7 Å². The molecule has 0 saturated carbocycles. The maximum absolute atomic E-state index is 12.9. The molecule has 4 nitrogen and oxygen atoms in total. The minimum Gasteiger partial charge on any atom is -0.326 e. The Morgan fingerprint density at radius 1 is 1.25 bits per heavy atom. The molecule has 0 radical (unpaired) electrons. The van der Waals surface area contributed by atoms with Gasteiger partial charge in [0.05, 0.1) is 4.90 Å². The molecular weight excluding hydrogens is 272 g/mol. The van der Waals surface area contributed by atoms with Crippen LogP contribution in [0.25, 0.3) is 0 Å². The molecule has 1 fully saturated rings. The first-order valence-corrected chi connectivity index (χ1v) is 8.53. The summed E-state index contributed by atoms with van der Waals surface area (Å²) in [5, 5.41) is 0. The Kier molecular flexibility index (Phi) is 4.23. The van der Waals surface area contributed by atoms with Gasteiger partial charge in [-0.15, -0.1) is 0 Å². The molecule has 112 valence electrons. The van der Waals surface area contributed by atoms with Gasteiger partial charge in [-0.05, 0) is 55.9 Å². The smallest absolute Gasteiger partial charge is 0.243 e. The third kappa shape index (κ3) is 2.62. The molecule has 20 heavy (non-hydrogen) atoms. The van der Waals surface area contributed by atoms with E-state index >= 15 is 0 Å². The van der Waals surface area contributed by atoms with Gasteiger partial charge in [0.15, 0.2) is 0 Å². The van der Waals surface area contributed by atoms with Gasteiger partial charge >= 0.3 is 0 Å². The van der Waals surface area contributed by atoms with Crippen LogP contribution < -0.4 is 5.73 Å². The fourth-order valence-electron chi connectivity index (χ4n) is 3.10. The van der Waals surface area contributed by atoms with E-state index < -0.39 is 10.0 Å². The van der Waals surface area contributed by atoms with Gasteiger partial charge in [-0.25, -0.2) is 8.42 Å². The van der Waals surface area contributed by atoms with Gasteiger partial charge in [-0.1, -0.05) is 13.0 Å². The summed E-state index contributed by atoms with van der Waals surface area (Å²) in [6.07, 6.45) is 0.924. The van der Waals surface area contributed by atoms with Crippen molar-refractivity contribution in [1.29, 1.82) is 0 Å². The van der Waals surface area contributed by atoms with E-state index in [1.165, 1.54) is 0 Å². The number of hydrogen-bond donors (Lipinski definition) is 1. The predicted octanol–water partition coefficient (Wildman–Crippen LogP) is 2.18. The fourth-order valence-corrected chi connectivity index (χ4v) is 5.12. The second-order valence-corrected chi connectivity index (χ2v) is 7.87. The zero-order valence-corrected chi connectivity index (χ0v) is 13.5. The standard InChI is InChI=1S/C15H24N2O2S/c1-10-5-13(4)17(9-10)20(18,19)15-7-14(8-16)11(2)6-12(15)3/h6-7,10,13H,5,8-9,16H2,1-4H3. The molecule has 1 aromatic rings. The van der Waals surface area contributed by atoms with E-state index in [1.54, 1.807) is 10.4 Å². The van der Waals surface area contributed by atoms with Crippen molar-refractivity contribution >= 4 is 10.0 Å². The van der Waals surface area contributed by atoms with Gasteiger partial charge in [0.25, 0.3) is 0 Å². The third-order valence-corrected chi connectivity index (χ3v) is 6.29. The van der Waals surface area contributed by atoms with Gasteiger partial charge in [0, 0.05) is 19.1 Å². The van der Waals surface area contributed by atoms with Crippen LogP contribution in [0, 0.1) is 19.8 Å². The lowest BCUT2D eigenvalue weighted by molar-refractivity contribution is 0.405. The topological polar surface area (TPSA) is 63.4 Å². The quantitative estimate of drug-likeness (QED) is 0.930. The van der Waals surface area contributed by atoms with E-state index in [0.29, 0.717) is 23.9 Å². The van der Waals surface area contributed by atoms with Crippen LogP contribution in [0.15, 0.2) is 17.0 Å². The van der Waals surface area contributed by atoms with E-state index in [4.69, 9.17) is 5.73 Å². The maximum atomic E-state index is 12.9. The van der Waals surface area contributed by atoms with E-state index in [0.717, 1.165) is 23.1 Å². The summed E-state index contributed by atoms with van der Waals surface area (Å²) in [7, 11) is -3.42. The van der Waals surface area contributed by atoms with Gasteiger partial charge in [0.2, 0.25) is 10.0 Å². The van der Waals surface area contributed by atoms with Crippen molar-refractivity contribution in [3.8, 4) is 0 Å². The van der Waals surface area contributed by atoms with Crippen LogP contribution in [0.2, 0.25) is 0 Å². The Labute approximate surface area is 122 Å². The zero-order valence-electron chi connectivity index (χ0n) is 12.7. The number of nitrogens with two attached hydrogens (primary N) is 1. The van der Waals surface area contributed by atoms with Crippen LogP contribution in [0.1, 0.15) is 37.0 Å². The van der Waals surface area contributed by atoms with Gasteiger partial charge in [-0.3, -0.25) is 0 Å². The SMILES string of the molecule is Cc1cc(C)c(S(=O)(=O)N2CC(C)CC2C)cc1CN. The Morgan fingerprint density at radius 2 is 1.90 bits per heavy atom. The molecule has 0 spiro atoms. The molecule has 2 N–H and O–H groups in total. The molecule has 0 bridgehead atoms. The van der Waals surface area contributed by atoms with Crippen molar-refractivity contribution in [2.45, 2.75) is 51.6 Å². The van der Waals surface area contributed by atoms with Crippen LogP contribution >= 0.6 is 0 Å². The molecule has 1 saturated heterocycles. The van der Waals surface area contributed by atoms with Crippen molar-refractivity contribution in [2.75, 3.05) is 6.54 Å². The Hall–Kier alpha value is -0.910. The second-order valence-electron chi connectivity index (χ2n) is 6.01. The molecule has 5 heteroatoms. The van der Waals surface area contributed by atoms with Crippen molar-refractivity contribution < 1.29 is 8.42 Å². The first kappa shape index (κ1) is 15.5. The Morgan fingerprint density at radius 3 is 2.40 bits per heavy atom. The molecule has 1 heterocycles. The highest BCUT2D eigenvalue weighted by Gasteiger charge is 2.36. The summed E-state index contributed by atoms with van der Waals surface area (Å²) >= 11 is 0. The zero-order chi connectivity index (χ0) is 15.1. The highest BCUT2D eigenvalue weighted by molar-refractivity contribution is 7.89. The largest absolute Gasteiger partial charge is 0.326 e. The molecule has 1 aromatic carbocycles. The van der Waals surface area contributed by atoms with E-state index in [1.807, 2.05) is 26.8 Å². The van der Waals surface area contributed by atoms with Crippen molar-refractivity contribution in [3.63, 3.8) is 0 Å². The maximum Gasteiger partial charge on any atom is 0.243 e. The average Bonchev–Trinajstić information content (AvgIpc) is 2.69. The minimum atomic E-state index is -3.42. The highest BCUT2D eigenvalue weighted by Crippen LogP contribution is 2.31. The number of benzene rings is 1. The molecule has 0 aliphatic carbocycles. The average molecular weight is 296 g/mol. The molecule has 0 aromatic heterocycles. The summed E-state index contributed by atoms with van der Waals surface area (Å²) in [4.78, 5) is 0.407. The second kappa shape index (κ2) is 5.47. The van der Waals surface area contributed by atoms with E-state index in [-0.39, 0.29) is 6.04 Å². The first-order chi connectivity index (χ1) is 9.27. The first-order valence-electron chi connectivity index (χ1n) is 7.09. The minimum absolute atomic E-state index is 0.0667. The number of nitrogens with zero attached hydrogens (tertiary/aromatic N) is 1. The third-order valence-electron chi connectivity index (χ3n) is 4.17. The van der Waals surface area contributed by atoms with Crippen molar-refractivity contribution in [1.82, 2.24) is 4.31 Å². The lowest BCUT2D eigenvalue weighted by Crippen LogP contribution is -2.34. The van der Waals surface area contributed by atoms with Gasteiger partial charge < -0.3 is 5.73 Å². The molecule has 2 rings (SSSR count). The number of hydrogen-bond acceptors (Lipinski definition) is 3. The van der Waals surface area contributed by atoms with Crippen LogP contribution in [0.3, 0.4) is 0 Å². The summed E-state index contributed by atoms with van der Waals surface area (Å²) in [6.45, 7) is 8.86. The summed E-state index contributed by atoms with van der Waals surface area (Å²) in [5.74, 6) is 0.416. The predicted molar refractivity (Wildman–Crippen MR) is 80.9 cm³/mol. The monoisotopic (exact) mass is 296 g/mol. The number of sulfonamides is 1. The highest BCUT2D eigenvalue weighted by atomic mass is 32.2. The molecule has 0 amide bonds. The molecule has 2 unspecified atom stereocenters. The molecule has 1 aliphatic heterocycles. The van der Waals surface area contributed by atoms with Gasteiger partial charge in [-0.2, -0.15) is 4.31 Å². The van der Waals surface area contributed by atoms with Gasteiger partial charge in [0.1, 0.15) is 0 Å². The fraction of sp³-hybridized carbons (Fsp3) is 0.600. The van der Waals surface area contributed by atoms with Crippen LogP contribution in [-0.4, -0.2) is 25.3 Å².